The van der Waals surface area contributed by atoms with Gasteiger partial charge in [0.15, 0.2) is 0 Å². The Morgan fingerprint density at radius 3 is 2.96 bits per heavy atom. The van der Waals surface area contributed by atoms with E-state index in [9.17, 15) is 9.59 Å². The number of aromatic nitrogens is 2. The molecule has 1 fully saturated rings. The van der Waals surface area contributed by atoms with Gasteiger partial charge >= 0.3 is 0 Å². The van der Waals surface area contributed by atoms with Gasteiger partial charge in [-0.3, -0.25) is 14.0 Å². The van der Waals surface area contributed by atoms with E-state index >= 15 is 0 Å². The maximum absolute atomic E-state index is 12.3. The summed E-state index contributed by atoms with van der Waals surface area (Å²) in [5, 5.41) is 3.36. The number of nitrogens with two attached hydrogens (primary N) is 1. The Morgan fingerprint density at radius 2 is 2.17 bits per heavy atom. The molecule has 3 rings (SSSR count). The summed E-state index contributed by atoms with van der Waals surface area (Å²) in [4.78, 5) is 28.4. The molecular weight excluding hydrogens is 292 g/mol. The van der Waals surface area contributed by atoms with Gasteiger partial charge in [0.05, 0.1) is 11.6 Å². The van der Waals surface area contributed by atoms with Crippen molar-refractivity contribution in [2.45, 2.75) is 45.2 Å². The number of fused-ring (bicyclic) bond motifs is 1. The van der Waals surface area contributed by atoms with Gasteiger partial charge in [0.1, 0.15) is 5.65 Å². The van der Waals surface area contributed by atoms with Crippen LogP contribution in [0.25, 0.3) is 5.65 Å². The van der Waals surface area contributed by atoms with Gasteiger partial charge in [0.25, 0.3) is 5.56 Å². The maximum atomic E-state index is 12.3. The Morgan fingerprint density at radius 1 is 1.39 bits per heavy atom. The van der Waals surface area contributed by atoms with Gasteiger partial charge in [-0.1, -0.05) is 18.9 Å². The van der Waals surface area contributed by atoms with Gasteiger partial charge in [-0.05, 0) is 31.9 Å². The van der Waals surface area contributed by atoms with Crippen LogP contribution in [0, 0.1) is 12.8 Å². The number of hydrogen-bond acceptors (Lipinski definition) is 4. The predicted molar refractivity (Wildman–Crippen MR) is 88.0 cm³/mol. The van der Waals surface area contributed by atoms with Crippen LogP contribution in [0.15, 0.2) is 29.1 Å². The lowest BCUT2D eigenvalue weighted by Gasteiger charge is -2.30. The van der Waals surface area contributed by atoms with Crippen molar-refractivity contribution in [2.75, 3.05) is 0 Å². The Labute approximate surface area is 134 Å². The average molecular weight is 314 g/mol. The van der Waals surface area contributed by atoms with E-state index in [1.54, 1.807) is 10.5 Å². The molecular formula is C17H22N4O2. The molecule has 0 bridgehead atoms. The lowest BCUT2D eigenvalue weighted by Crippen LogP contribution is -2.44. The van der Waals surface area contributed by atoms with Crippen LogP contribution in [0.5, 0.6) is 0 Å². The fourth-order valence-corrected chi connectivity index (χ4v) is 3.41. The minimum Gasteiger partial charge on any atom is -0.369 e. The van der Waals surface area contributed by atoms with E-state index in [0.717, 1.165) is 31.4 Å². The van der Waals surface area contributed by atoms with Gasteiger partial charge in [-0.2, -0.15) is 0 Å². The van der Waals surface area contributed by atoms with Crippen LogP contribution in [0.3, 0.4) is 0 Å². The van der Waals surface area contributed by atoms with Crippen molar-refractivity contribution in [1.82, 2.24) is 14.7 Å². The molecule has 0 saturated heterocycles. The molecule has 0 aromatic carbocycles. The predicted octanol–water partition coefficient (Wildman–Crippen LogP) is 1.14. The van der Waals surface area contributed by atoms with Crippen molar-refractivity contribution >= 4 is 11.6 Å². The van der Waals surface area contributed by atoms with Gasteiger partial charge in [-0.15, -0.1) is 0 Å². The van der Waals surface area contributed by atoms with Gasteiger partial charge in [-0.25, -0.2) is 4.98 Å². The fourth-order valence-electron chi connectivity index (χ4n) is 3.41. The van der Waals surface area contributed by atoms with Gasteiger partial charge in [0, 0.05) is 24.3 Å². The molecule has 6 heteroatoms. The summed E-state index contributed by atoms with van der Waals surface area (Å²) in [6, 6.07) is 7.21. The fraction of sp³-hybridized carbons (Fsp3) is 0.471. The van der Waals surface area contributed by atoms with Crippen molar-refractivity contribution in [3.63, 3.8) is 0 Å². The molecule has 1 saturated carbocycles. The molecule has 6 nitrogen and oxygen atoms in total. The first-order chi connectivity index (χ1) is 11.1. The highest BCUT2D eigenvalue weighted by Crippen LogP contribution is 2.24. The number of primary amides is 1. The average Bonchev–Trinajstić information content (AvgIpc) is 2.53. The molecule has 0 unspecified atom stereocenters. The third-order valence-electron chi connectivity index (χ3n) is 4.61. The summed E-state index contributed by atoms with van der Waals surface area (Å²) in [7, 11) is 0. The second-order valence-corrected chi connectivity index (χ2v) is 6.23. The number of amides is 1. The zero-order chi connectivity index (χ0) is 16.4. The van der Waals surface area contributed by atoms with E-state index in [4.69, 9.17) is 5.73 Å². The van der Waals surface area contributed by atoms with E-state index in [1.807, 2.05) is 25.1 Å². The molecule has 2 aromatic heterocycles. The molecule has 0 spiro atoms. The topological polar surface area (TPSA) is 89.5 Å². The molecule has 3 N–H and O–H groups in total. The lowest BCUT2D eigenvalue weighted by atomic mass is 9.84. The molecule has 0 aliphatic heterocycles. The lowest BCUT2D eigenvalue weighted by molar-refractivity contribution is -0.123. The SMILES string of the molecule is Cc1cccc2nc(CN[C@@H]3CCCC[C@H]3C(N)=O)cc(=O)n12. The second kappa shape index (κ2) is 6.50. The normalized spacial score (nSPS) is 21.4. The van der Waals surface area contributed by atoms with Crippen molar-refractivity contribution in [2.24, 2.45) is 11.7 Å². The molecule has 1 aliphatic rings. The quantitative estimate of drug-likeness (QED) is 0.885. The summed E-state index contributed by atoms with van der Waals surface area (Å²) in [6.07, 6.45) is 3.90. The van der Waals surface area contributed by atoms with Crippen LogP contribution in [-0.4, -0.2) is 21.3 Å². The van der Waals surface area contributed by atoms with Crippen LogP contribution in [0.1, 0.15) is 37.1 Å². The molecule has 122 valence electrons. The van der Waals surface area contributed by atoms with E-state index in [0.29, 0.717) is 17.9 Å². The number of rotatable bonds is 4. The van der Waals surface area contributed by atoms with Crippen molar-refractivity contribution < 1.29 is 4.79 Å². The highest BCUT2D eigenvalue weighted by atomic mass is 16.1. The van der Waals surface area contributed by atoms with E-state index in [-0.39, 0.29) is 23.4 Å². The summed E-state index contributed by atoms with van der Waals surface area (Å²) in [6.45, 7) is 2.35. The zero-order valence-electron chi connectivity index (χ0n) is 13.3. The Bertz CT molecular complexity index is 784. The number of nitrogens with one attached hydrogen (secondary N) is 1. The maximum Gasteiger partial charge on any atom is 0.258 e. The smallest absolute Gasteiger partial charge is 0.258 e. The third kappa shape index (κ3) is 3.27. The molecule has 2 atom stereocenters. The first-order valence-corrected chi connectivity index (χ1v) is 8.07. The van der Waals surface area contributed by atoms with E-state index in [2.05, 4.69) is 10.3 Å². The number of aryl methyl sites for hydroxylation is 1. The molecule has 2 heterocycles. The molecule has 2 aromatic rings. The highest BCUT2D eigenvalue weighted by Gasteiger charge is 2.28. The zero-order valence-corrected chi connectivity index (χ0v) is 13.3. The number of pyridine rings is 1. The Balaban J connectivity index is 1.79. The summed E-state index contributed by atoms with van der Waals surface area (Å²) in [5.41, 5.74) is 7.60. The molecule has 0 radical (unpaired) electrons. The third-order valence-corrected chi connectivity index (χ3v) is 4.61. The highest BCUT2D eigenvalue weighted by molar-refractivity contribution is 5.77. The first-order valence-electron chi connectivity index (χ1n) is 8.07. The van der Waals surface area contributed by atoms with Crippen LogP contribution in [0.4, 0.5) is 0 Å². The Kier molecular flexibility index (Phi) is 4.43. The largest absolute Gasteiger partial charge is 0.369 e. The summed E-state index contributed by atoms with van der Waals surface area (Å²) in [5.74, 6) is -0.378. The second-order valence-electron chi connectivity index (χ2n) is 6.23. The van der Waals surface area contributed by atoms with E-state index in [1.165, 1.54) is 0 Å². The Hall–Kier alpha value is -2.21. The van der Waals surface area contributed by atoms with Crippen LogP contribution >= 0.6 is 0 Å². The van der Waals surface area contributed by atoms with Gasteiger partial charge < -0.3 is 11.1 Å². The van der Waals surface area contributed by atoms with Crippen LogP contribution < -0.4 is 16.6 Å². The number of hydrogen-bond donors (Lipinski definition) is 2. The monoisotopic (exact) mass is 314 g/mol. The molecule has 1 aliphatic carbocycles. The van der Waals surface area contributed by atoms with Crippen LogP contribution in [-0.2, 0) is 11.3 Å². The van der Waals surface area contributed by atoms with Crippen molar-refractivity contribution in [1.29, 1.82) is 0 Å². The number of nitrogens with zero attached hydrogens (tertiary/aromatic N) is 2. The van der Waals surface area contributed by atoms with Crippen LogP contribution in [0.2, 0.25) is 0 Å². The molecule has 1 amide bonds. The minimum absolute atomic E-state index is 0.0685. The van der Waals surface area contributed by atoms with Crippen molar-refractivity contribution in [3.05, 3.63) is 46.0 Å². The standard InChI is InChI=1S/C17H22N4O2/c1-11-5-4-8-15-20-12(9-16(22)21(11)15)10-19-14-7-3-2-6-13(14)17(18)23/h4-5,8-9,13-14,19H,2-3,6-7,10H2,1H3,(H2,18,23)/t13-,14-/m1/s1. The minimum atomic E-state index is -0.246. The van der Waals surface area contributed by atoms with Crippen molar-refractivity contribution in [3.8, 4) is 0 Å². The van der Waals surface area contributed by atoms with E-state index < -0.39 is 0 Å². The van der Waals surface area contributed by atoms with Gasteiger partial charge in [0.2, 0.25) is 5.91 Å². The number of carbonyl (C=O) groups excluding carboxylic acids is 1. The summed E-state index contributed by atoms with van der Waals surface area (Å²) >= 11 is 0. The molecule has 23 heavy (non-hydrogen) atoms. The summed E-state index contributed by atoms with van der Waals surface area (Å²) < 4.78 is 1.59. The first kappa shape index (κ1) is 15.7. The number of carbonyl (C=O) groups is 1.